The SMILES string of the molecule is CSCCCNC(C)(C)C. The van der Waals surface area contributed by atoms with Crippen LogP contribution in [0.1, 0.15) is 27.2 Å². The molecule has 0 aliphatic carbocycles. The Morgan fingerprint density at radius 3 is 2.30 bits per heavy atom. The summed E-state index contributed by atoms with van der Waals surface area (Å²) in [5.74, 6) is 1.27. The van der Waals surface area contributed by atoms with Crippen LogP contribution in [-0.2, 0) is 0 Å². The van der Waals surface area contributed by atoms with Gasteiger partial charge in [0, 0.05) is 5.54 Å². The standard InChI is InChI=1S/C8H19NS/c1-8(2,3)9-6-5-7-10-4/h9H,5-7H2,1-4H3. The smallest absolute Gasteiger partial charge is 0.00965 e. The third kappa shape index (κ3) is 8.31. The molecule has 0 fully saturated rings. The summed E-state index contributed by atoms with van der Waals surface area (Å²) in [6.07, 6.45) is 3.43. The average molecular weight is 161 g/mol. The van der Waals surface area contributed by atoms with Gasteiger partial charge in [0.25, 0.3) is 0 Å². The zero-order chi connectivity index (χ0) is 8.04. The molecule has 1 N–H and O–H groups in total. The van der Waals surface area contributed by atoms with E-state index in [-0.39, 0.29) is 0 Å². The lowest BCUT2D eigenvalue weighted by molar-refractivity contribution is 0.427. The molecule has 0 rings (SSSR count). The van der Waals surface area contributed by atoms with Crippen molar-refractivity contribution in [1.29, 1.82) is 0 Å². The van der Waals surface area contributed by atoms with Crippen molar-refractivity contribution in [3.63, 3.8) is 0 Å². The number of rotatable bonds is 4. The predicted molar refractivity (Wildman–Crippen MR) is 50.8 cm³/mol. The molecule has 0 saturated carbocycles. The van der Waals surface area contributed by atoms with E-state index in [4.69, 9.17) is 0 Å². The van der Waals surface area contributed by atoms with E-state index in [0.717, 1.165) is 6.54 Å². The Bertz CT molecular complexity index is 75.8. The van der Waals surface area contributed by atoms with Crippen molar-refractivity contribution in [3.8, 4) is 0 Å². The van der Waals surface area contributed by atoms with E-state index in [9.17, 15) is 0 Å². The zero-order valence-corrected chi connectivity index (χ0v) is 8.35. The Balaban J connectivity index is 3.04. The van der Waals surface area contributed by atoms with Gasteiger partial charge >= 0.3 is 0 Å². The van der Waals surface area contributed by atoms with Crippen molar-refractivity contribution in [3.05, 3.63) is 0 Å². The molecular weight excluding hydrogens is 142 g/mol. The summed E-state index contributed by atoms with van der Waals surface area (Å²) in [6, 6.07) is 0. The topological polar surface area (TPSA) is 12.0 Å². The summed E-state index contributed by atoms with van der Waals surface area (Å²) < 4.78 is 0. The van der Waals surface area contributed by atoms with Gasteiger partial charge in [-0.2, -0.15) is 11.8 Å². The molecule has 0 bridgehead atoms. The van der Waals surface area contributed by atoms with E-state index in [2.05, 4.69) is 32.3 Å². The Morgan fingerprint density at radius 2 is 1.90 bits per heavy atom. The summed E-state index contributed by atoms with van der Waals surface area (Å²) >= 11 is 1.91. The molecular formula is C8H19NS. The zero-order valence-electron chi connectivity index (χ0n) is 7.53. The number of hydrogen-bond donors (Lipinski definition) is 1. The van der Waals surface area contributed by atoms with Crippen LogP contribution in [0.3, 0.4) is 0 Å². The lowest BCUT2D eigenvalue weighted by Crippen LogP contribution is -2.36. The molecule has 0 unspecified atom stereocenters. The molecule has 0 aliphatic heterocycles. The second-order valence-corrected chi connectivity index (χ2v) is 4.51. The molecule has 10 heavy (non-hydrogen) atoms. The van der Waals surface area contributed by atoms with Crippen LogP contribution in [0.15, 0.2) is 0 Å². The molecule has 2 heteroatoms. The van der Waals surface area contributed by atoms with Crippen LogP contribution in [0.5, 0.6) is 0 Å². The van der Waals surface area contributed by atoms with Crippen molar-refractivity contribution in [2.75, 3.05) is 18.6 Å². The fraction of sp³-hybridized carbons (Fsp3) is 1.00. The summed E-state index contributed by atoms with van der Waals surface area (Å²) in [5, 5.41) is 3.44. The highest BCUT2D eigenvalue weighted by Gasteiger charge is 2.06. The lowest BCUT2D eigenvalue weighted by atomic mass is 10.1. The van der Waals surface area contributed by atoms with Crippen molar-refractivity contribution in [2.45, 2.75) is 32.7 Å². The Morgan fingerprint density at radius 1 is 1.30 bits per heavy atom. The van der Waals surface area contributed by atoms with Crippen LogP contribution in [-0.4, -0.2) is 24.1 Å². The van der Waals surface area contributed by atoms with E-state index in [1.807, 2.05) is 11.8 Å². The van der Waals surface area contributed by atoms with Gasteiger partial charge in [-0.3, -0.25) is 0 Å². The quantitative estimate of drug-likeness (QED) is 0.634. The van der Waals surface area contributed by atoms with Gasteiger partial charge in [0.1, 0.15) is 0 Å². The summed E-state index contributed by atoms with van der Waals surface area (Å²) in [6.45, 7) is 7.74. The van der Waals surface area contributed by atoms with Gasteiger partial charge in [-0.05, 0) is 45.7 Å². The van der Waals surface area contributed by atoms with Gasteiger partial charge < -0.3 is 5.32 Å². The molecule has 0 radical (unpaired) electrons. The number of nitrogens with one attached hydrogen (secondary N) is 1. The molecule has 0 aromatic carbocycles. The monoisotopic (exact) mass is 161 g/mol. The summed E-state index contributed by atoms with van der Waals surface area (Å²) in [7, 11) is 0. The van der Waals surface area contributed by atoms with E-state index in [1.165, 1.54) is 12.2 Å². The second kappa shape index (κ2) is 5.03. The van der Waals surface area contributed by atoms with Crippen LogP contribution in [0.2, 0.25) is 0 Å². The van der Waals surface area contributed by atoms with Crippen LogP contribution >= 0.6 is 11.8 Å². The van der Waals surface area contributed by atoms with Gasteiger partial charge in [-0.1, -0.05) is 0 Å². The summed E-state index contributed by atoms with van der Waals surface area (Å²) in [5.41, 5.74) is 0.290. The first-order chi connectivity index (χ1) is 4.56. The van der Waals surface area contributed by atoms with Crippen molar-refractivity contribution in [1.82, 2.24) is 5.32 Å². The second-order valence-electron chi connectivity index (χ2n) is 3.52. The maximum Gasteiger partial charge on any atom is 0.00965 e. The molecule has 0 atom stereocenters. The third-order valence-electron chi connectivity index (χ3n) is 1.18. The fourth-order valence-corrected chi connectivity index (χ4v) is 1.11. The normalized spacial score (nSPS) is 12.0. The fourth-order valence-electron chi connectivity index (χ4n) is 0.680. The highest BCUT2D eigenvalue weighted by molar-refractivity contribution is 7.98. The molecule has 1 nitrogen and oxygen atoms in total. The Labute approximate surface area is 69.0 Å². The van der Waals surface area contributed by atoms with E-state index in [1.54, 1.807) is 0 Å². The van der Waals surface area contributed by atoms with Crippen LogP contribution in [0.4, 0.5) is 0 Å². The number of thioether (sulfide) groups is 1. The molecule has 0 spiro atoms. The maximum atomic E-state index is 3.44. The largest absolute Gasteiger partial charge is 0.312 e. The first-order valence-corrected chi connectivity index (χ1v) is 5.19. The van der Waals surface area contributed by atoms with Gasteiger partial charge in [-0.15, -0.1) is 0 Å². The van der Waals surface area contributed by atoms with E-state index in [0.29, 0.717) is 5.54 Å². The van der Waals surface area contributed by atoms with Gasteiger partial charge in [0.05, 0.1) is 0 Å². The minimum Gasteiger partial charge on any atom is -0.312 e. The minimum absolute atomic E-state index is 0.290. The highest BCUT2D eigenvalue weighted by Crippen LogP contribution is 1.99. The first-order valence-electron chi connectivity index (χ1n) is 3.80. The highest BCUT2D eigenvalue weighted by atomic mass is 32.2. The number of hydrogen-bond acceptors (Lipinski definition) is 2. The van der Waals surface area contributed by atoms with Crippen LogP contribution in [0.25, 0.3) is 0 Å². The van der Waals surface area contributed by atoms with E-state index < -0.39 is 0 Å². The molecule has 0 aliphatic rings. The Hall–Kier alpha value is 0.310. The van der Waals surface area contributed by atoms with E-state index >= 15 is 0 Å². The Kier molecular flexibility index (Phi) is 5.18. The van der Waals surface area contributed by atoms with Crippen molar-refractivity contribution in [2.24, 2.45) is 0 Å². The van der Waals surface area contributed by atoms with Crippen LogP contribution in [0, 0.1) is 0 Å². The lowest BCUT2D eigenvalue weighted by Gasteiger charge is -2.20. The summed E-state index contributed by atoms with van der Waals surface area (Å²) in [4.78, 5) is 0. The van der Waals surface area contributed by atoms with Gasteiger partial charge in [0.15, 0.2) is 0 Å². The third-order valence-corrected chi connectivity index (χ3v) is 1.88. The predicted octanol–water partition coefficient (Wildman–Crippen LogP) is 2.13. The maximum absolute atomic E-state index is 3.44. The average Bonchev–Trinajstić information content (AvgIpc) is 1.78. The first kappa shape index (κ1) is 10.3. The van der Waals surface area contributed by atoms with Gasteiger partial charge in [-0.25, -0.2) is 0 Å². The van der Waals surface area contributed by atoms with Crippen molar-refractivity contribution < 1.29 is 0 Å². The molecule has 62 valence electrons. The molecule has 0 aromatic rings. The van der Waals surface area contributed by atoms with Crippen LogP contribution < -0.4 is 5.32 Å². The molecule has 0 amide bonds. The van der Waals surface area contributed by atoms with Gasteiger partial charge in [0.2, 0.25) is 0 Å². The molecule has 0 saturated heterocycles. The molecule has 0 heterocycles. The van der Waals surface area contributed by atoms with Crippen molar-refractivity contribution >= 4 is 11.8 Å². The minimum atomic E-state index is 0.290. The molecule has 0 aromatic heterocycles.